The molecule has 3 nitrogen and oxygen atoms in total. The van der Waals surface area contributed by atoms with Crippen molar-refractivity contribution in [3.8, 4) is 0 Å². The Balaban J connectivity index is 1.71. The Bertz CT molecular complexity index is 178. The van der Waals surface area contributed by atoms with Crippen LogP contribution in [0, 0.1) is 0 Å². The number of unbranched alkanes of at least 4 members (excludes halogenated alkanes) is 1. The number of ether oxygens (including phenoxy) is 2. The monoisotopic (exact) mass is 199 g/mol. The van der Waals surface area contributed by atoms with E-state index in [1.165, 1.54) is 19.3 Å². The Morgan fingerprint density at radius 3 is 2.71 bits per heavy atom. The average molecular weight is 199 g/mol. The van der Waals surface area contributed by atoms with Gasteiger partial charge in [0.2, 0.25) is 0 Å². The van der Waals surface area contributed by atoms with Crippen molar-refractivity contribution in [1.29, 1.82) is 0 Å². The van der Waals surface area contributed by atoms with Crippen LogP contribution in [0.3, 0.4) is 0 Å². The minimum absolute atomic E-state index is 0.173. The van der Waals surface area contributed by atoms with Gasteiger partial charge < -0.3 is 15.2 Å². The SMILES string of the molecule is NCCCCC1COC2(CCCC2)O1. The summed E-state index contributed by atoms with van der Waals surface area (Å²) in [6.45, 7) is 1.59. The summed E-state index contributed by atoms with van der Waals surface area (Å²) in [4.78, 5) is 0. The van der Waals surface area contributed by atoms with Crippen LogP contribution in [0.4, 0.5) is 0 Å². The second-order valence-electron chi connectivity index (χ2n) is 4.45. The predicted octanol–water partition coefficient (Wildman–Crippen LogP) is 1.80. The van der Waals surface area contributed by atoms with E-state index >= 15 is 0 Å². The molecule has 2 N–H and O–H groups in total. The molecular formula is C11H21NO2. The highest BCUT2D eigenvalue weighted by atomic mass is 16.7. The fourth-order valence-electron chi connectivity index (χ4n) is 2.45. The van der Waals surface area contributed by atoms with E-state index in [4.69, 9.17) is 15.2 Å². The highest BCUT2D eigenvalue weighted by molar-refractivity contribution is 4.83. The van der Waals surface area contributed by atoms with Crippen molar-refractivity contribution >= 4 is 0 Å². The van der Waals surface area contributed by atoms with E-state index in [1.807, 2.05) is 0 Å². The maximum atomic E-state index is 5.99. The summed E-state index contributed by atoms with van der Waals surface area (Å²) in [5.74, 6) is -0.173. The van der Waals surface area contributed by atoms with Gasteiger partial charge in [0, 0.05) is 12.8 Å². The van der Waals surface area contributed by atoms with Crippen molar-refractivity contribution in [2.75, 3.05) is 13.2 Å². The zero-order valence-electron chi connectivity index (χ0n) is 8.84. The highest BCUT2D eigenvalue weighted by Crippen LogP contribution is 2.39. The zero-order chi connectivity index (χ0) is 9.86. The van der Waals surface area contributed by atoms with Gasteiger partial charge in [-0.2, -0.15) is 0 Å². The van der Waals surface area contributed by atoms with E-state index in [9.17, 15) is 0 Å². The molecule has 0 amide bonds. The molecule has 1 unspecified atom stereocenters. The molecule has 1 spiro atoms. The molecule has 1 aliphatic carbocycles. The van der Waals surface area contributed by atoms with E-state index in [2.05, 4.69) is 0 Å². The molecule has 1 saturated heterocycles. The quantitative estimate of drug-likeness (QED) is 0.702. The molecule has 14 heavy (non-hydrogen) atoms. The van der Waals surface area contributed by atoms with Crippen LogP contribution >= 0.6 is 0 Å². The summed E-state index contributed by atoms with van der Waals surface area (Å²) in [6.07, 6.45) is 8.43. The summed E-state index contributed by atoms with van der Waals surface area (Å²) in [5, 5.41) is 0. The minimum Gasteiger partial charge on any atom is -0.347 e. The molecule has 2 fully saturated rings. The van der Waals surface area contributed by atoms with Crippen molar-refractivity contribution in [3.05, 3.63) is 0 Å². The topological polar surface area (TPSA) is 44.5 Å². The summed E-state index contributed by atoms with van der Waals surface area (Å²) in [6, 6.07) is 0. The molecule has 1 heterocycles. The molecule has 3 heteroatoms. The molecule has 82 valence electrons. The third kappa shape index (κ3) is 2.27. The van der Waals surface area contributed by atoms with Gasteiger partial charge in [-0.25, -0.2) is 0 Å². The maximum absolute atomic E-state index is 5.99. The van der Waals surface area contributed by atoms with Crippen LogP contribution in [0.2, 0.25) is 0 Å². The fourth-order valence-corrected chi connectivity index (χ4v) is 2.45. The number of rotatable bonds is 4. The van der Waals surface area contributed by atoms with Crippen LogP contribution in [-0.4, -0.2) is 25.0 Å². The highest BCUT2D eigenvalue weighted by Gasteiger charge is 2.43. The summed E-state index contributed by atoms with van der Waals surface area (Å²) in [5.41, 5.74) is 5.46. The number of hydrogen-bond acceptors (Lipinski definition) is 3. The Morgan fingerprint density at radius 2 is 2.00 bits per heavy atom. The fraction of sp³-hybridized carbons (Fsp3) is 1.00. The van der Waals surface area contributed by atoms with E-state index in [0.717, 1.165) is 38.8 Å². The van der Waals surface area contributed by atoms with Crippen molar-refractivity contribution in [2.45, 2.75) is 56.8 Å². The molecule has 0 aromatic carbocycles. The largest absolute Gasteiger partial charge is 0.347 e. The third-order valence-corrected chi connectivity index (χ3v) is 3.26. The maximum Gasteiger partial charge on any atom is 0.168 e. The van der Waals surface area contributed by atoms with E-state index in [1.54, 1.807) is 0 Å². The van der Waals surface area contributed by atoms with Crippen molar-refractivity contribution in [1.82, 2.24) is 0 Å². The van der Waals surface area contributed by atoms with Gasteiger partial charge in [-0.15, -0.1) is 0 Å². The van der Waals surface area contributed by atoms with Gasteiger partial charge in [-0.05, 0) is 38.6 Å². The molecule has 0 radical (unpaired) electrons. The summed E-state index contributed by atoms with van der Waals surface area (Å²) >= 11 is 0. The molecule has 1 aliphatic heterocycles. The van der Waals surface area contributed by atoms with Crippen LogP contribution in [0.5, 0.6) is 0 Å². The normalized spacial score (nSPS) is 30.2. The van der Waals surface area contributed by atoms with Crippen LogP contribution in [0.1, 0.15) is 44.9 Å². The van der Waals surface area contributed by atoms with Gasteiger partial charge in [0.15, 0.2) is 5.79 Å². The number of hydrogen-bond donors (Lipinski definition) is 1. The number of nitrogens with two attached hydrogens (primary N) is 1. The Kier molecular flexibility index (Phi) is 3.42. The predicted molar refractivity (Wildman–Crippen MR) is 54.9 cm³/mol. The van der Waals surface area contributed by atoms with E-state index < -0.39 is 0 Å². The third-order valence-electron chi connectivity index (χ3n) is 3.26. The van der Waals surface area contributed by atoms with Gasteiger partial charge >= 0.3 is 0 Å². The van der Waals surface area contributed by atoms with E-state index in [0.29, 0.717) is 6.10 Å². The smallest absolute Gasteiger partial charge is 0.168 e. The summed E-state index contributed by atoms with van der Waals surface area (Å²) in [7, 11) is 0. The Morgan fingerprint density at radius 1 is 1.21 bits per heavy atom. The van der Waals surface area contributed by atoms with Gasteiger partial charge in [-0.1, -0.05) is 0 Å². The van der Waals surface area contributed by atoms with Gasteiger partial charge in [0.25, 0.3) is 0 Å². The lowest BCUT2D eigenvalue weighted by Crippen LogP contribution is -2.26. The van der Waals surface area contributed by atoms with Crippen LogP contribution in [-0.2, 0) is 9.47 Å². The minimum atomic E-state index is -0.173. The first kappa shape index (κ1) is 10.4. The first-order valence-electron chi connectivity index (χ1n) is 5.86. The molecule has 1 atom stereocenters. The summed E-state index contributed by atoms with van der Waals surface area (Å²) < 4.78 is 11.8. The average Bonchev–Trinajstić information content (AvgIpc) is 2.79. The van der Waals surface area contributed by atoms with Gasteiger partial charge in [0.05, 0.1) is 12.7 Å². The van der Waals surface area contributed by atoms with Crippen molar-refractivity contribution in [2.24, 2.45) is 5.73 Å². The Hall–Kier alpha value is -0.120. The first-order valence-corrected chi connectivity index (χ1v) is 5.86. The van der Waals surface area contributed by atoms with Gasteiger partial charge in [-0.3, -0.25) is 0 Å². The van der Waals surface area contributed by atoms with Crippen LogP contribution in [0.15, 0.2) is 0 Å². The molecule has 0 bridgehead atoms. The van der Waals surface area contributed by atoms with Crippen molar-refractivity contribution in [3.63, 3.8) is 0 Å². The molecule has 2 rings (SSSR count). The van der Waals surface area contributed by atoms with Gasteiger partial charge in [0.1, 0.15) is 0 Å². The second-order valence-corrected chi connectivity index (χ2v) is 4.45. The molecule has 0 aromatic heterocycles. The van der Waals surface area contributed by atoms with Crippen molar-refractivity contribution < 1.29 is 9.47 Å². The van der Waals surface area contributed by atoms with Crippen LogP contribution < -0.4 is 5.73 Å². The van der Waals surface area contributed by atoms with E-state index in [-0.39, 0.29) is 5.79 Å². The second kappa shape index (κ2) is 4.60. The molecular weight excluding hydrogens is 178 g/mol. The Labute approximate surface area is 85.9 Å². The molecule has 0 aromatic rings. The first-order chi connectivity index (χ1) is 6.85. The standard InChI is InChI=1S/C11H21NO2/c12-8-4-1-5-10-9-13-11(14-10)6-2-3-7-11/h10H,1-9,12H2. The lowest BCUT2D eigenvalue weighted by Gasteiger charge is -2.21. The molecule has 2 aliphatic rings. The molecule has 1 saturated carbocycles. The zero-order valence-corrected chi connectivity index (χ0v) is 8.84. The van der Waals surface area contributed by atoms with Crippen LogP contribution in [0.25, 0.3) is 0 Å². The lowest BCUT2D eigenvalue weighted by molar-refractivity contribution is -0.162. The lowest BCUT2D eigenvalue weighted by atomic mass is 10.1.